The Labute approximate surface area is 103 Å². The van der Waals surface area contributed by atoms with Gasteiger partial charge in [-0.1, -0.05) is 20.3 Å². The molecule has 0 amide bonds. The zero-order valence-corrected chi connectivity index (χ0v) is 10.9. The van der Waals surface area contributed by atoms with Crippen molar-refractivity contribution in [3.63, 3.8) is 0 Å². The summed E-state index contributed by atoms with van der Waals surface area (Å²) >= 11 is 0. The van der Waals surface area contributed by atoms with Crippen molar-refractivity contribution in [2.45, 2.75) is 64.9 Å². The lowest BCUT2D eigenvalue weighted by Gasteiger charge is -2.45. The smallest absolute Gasteiger partial charge is 0.310 e. The summed E-state index contributed by atoms with van der Waals surface area (Å²) in [4.78, 5) is 11.7. The number of aliphatic hydroxyl groups is 1. The summed E-state index contributed by atoms with van der Waals surface area (Å²) in [7, 11) is 0. The van der Waals surface area contributed by atoms with Gasteiger partial charge in [-0.25, -0.2) is 0 Å². The second-order valence-corrected chi connectivity index (χ2v) is 6.73. The van der Waals surface area contributed by atoms with E-state index < -0.39 is 17.5 Å². The lowest BCUT2D eigenvalue weighted by atomic mass is 9.59. The van der Waals surface area contributed by atoms with Crippen LogP contribution in [0.15, 0.2) is 0 Å². The minimum Gasteiger partial charge on any atom is -0.481 e. The predicted octanol–water partition coefficient (Wildman–Crippen LogP) is 2.82. The Kier molecular flexibility index (Phi) is 3.23. The van der Waals surface area contributed by atoms with Gasteiger partial charge in [-0.3, -0.25) is 4.79 Å². The van der Waals surface area contributed by atoms with Crippen molar-refractivity contribution in [3.05, 3.63) is 0 Å². The number of hydrogen-bond donors (Lipinski definition) is 2. The molecule has 2 saturated carbocycles. The molecule has 3 heteroatoms. The fourth-order valence-electron chi connectivity index (χ4n) is 3.70. The summed E-state index contributed by atoms with van der Waals surface area (Å²) in [5.41, 5.74) is -0.381. The summed E-state index contributed by atoms with van der Waals surface area (Å²) in [6.07, 6.45) is 5.63. The monoisotopic (exact) mass is 240 g/mol. The SMILES string of the molecule is CC1(C)CCC(C(=O)O)(C2CCCC2O)CC1. The molecule has 0 aliphatic heterocycles. The Morgan fingerprint density at radius 3 is 2.12 bits per heavy atom. The first-order chi connectivity index (χ1) is 7.87. The topological polar surface area (TPSA) is 57.5 Å². The number of aliphatic hydroxyl groups excluding tert-OH is 1. The van der Waals surface area contributed by atoms with Crippen LogP contribution in [0.25, 0.3) is 0 Å². The van der Waals surface area contributed by atoms with E-state index in [0.29, 0.717) is 0 Å². The van der Waals surface area contributed by atoms with E-state index in [1.165, 1.54) is 0 Å². The van der Waals surface area contributed by atoms with Gasteiger partial charge in [-0.2, -0.15) is 0 Å². The van der Waals surface area contributed by atoms with Crippen molar-refractivity contribution in [1.29, 1.82) is 0 Å². The lowest BCUT2D eigenvalue weighted by Crippen LogP contribution is -2.46. The van der Waals surface area contributed by atoms with Crippen molar-refractivity contribution in [1.82, 2.24) is 0 Å². The molecule has 2 aliphatic rings. The molecular formula is C14H24O3. The quantitative estimate of drug-likeness (QED) is 0.780. The summed E-state index contributed by atoms with van der Waals surface area (Å²) in [5, 5.41) is 19.6. The molecule has 2 aliphatic carbocycles. The molecule has 2 unspecified atom stereocenters. The van der Waals surface area contributed by atoms with E-state index in [1.807, 2.05) is 0 Å². The third kappa shape index (κ3) is 2.22. The molecule has 17 heavy (non-hydrogen) atoms. The van der Waals surface area contributed by atoms with Crippen molar-refractivity contribution in [2.24, 2.45) is 16.7 Å². The second kappa shape index (κ2) is 4.27. The summed E-state index contributed by atoms with van der Waals surface area (Å²) in [5.74, 6) is -0.699. The minimum atomic E-state index is -0.682. The van der Waals surface area contributed by atoms with Crippen molar-refractivity contribution < 1.29 is 15.0 Å². The fourth-order valence-corrected chi connectivity index (χ4v) is 3.70. The third-order valence-corrected chi connectivity index (χ3v) is 5.11. The van der Waals surface area contributed by atoms with Crippen molar-refractivity contribution in [3.8, 4) is 0 Å². The largest absolute Gasteiger partial charge is 0.481 e. The van der Waals surface area contributed by atoms with Gasteiger partial charge in [-0.15, -0.1) is 0 Å². The average molecular weight is 240 g/mol. The van der Waals surface area contributed by atoms with Gasteiger partial charge < -0.3 is 10.2 Å². The summed E-state index contributed by atoms with van der Waals surface area (Å²) < 4.78 is 0. The molecule has 0 heterocycles. The van der Waals surface area contributed by atoms with Crippen LogP contribution in [0.5, 0.6) is 0 Å². The van der Waals surface area contributed by atoms with E-state index >= 15 is 0 Å². The Hall–Kier alpha value is -0.570. The maximum Gasteiger partial charge on any atom is 0.310 e. The van der Waals surface area contributed by atoms with Crippen LogP contribution in [0.3, 0.4) is 0 Å². The van der Waals surface area contributed by atoms with E-state index in [1.54, 1.807) is 0 Å². The zero-order chi connectivity index (χ0) is 12.7. The van der Waals surface area contributed by atoms with Crippen LogP contribution >= 0.6 is 0 Å². The first-order valence-corrected chi connectivity index (χ1v) is 6.79. The highest BCUT2D eigenvalue weighted by Crippen LogP contribution is 2.53. The van der Waals surface area contributed by atoms with Crippen LogP contribution in [0.4, 0.5) is 0 Å². The number of hydrogen-bond acceptors (Lipinski definition) is 2. The van der Waals surface area contributed by atoms with Gasteiger partial charge in [0.25, 0.3) is 0 Å². The van der Waals surface area contributed by atoms with Crippen molar-refractivity contribution >= 4 is 5.97 Å². The Morgan fingerprint density at radius 1 is 1.12 bits per heavy atom. The molecule has 2 atom stereocenters. The zero-order valence-electron chi connectivity index (χ0n) is 10.9. The highest BCUT2D eigenvalue weighted by molar-refractivity contribution is 5.75. The molecule has 2 fully saturated rings. The number of rotatable bonds is 2. The average Bonchev–Trinajstić information content (AvgIpc) is 2.65. The Morgan fingerprint density at radius 2 is 1.71 bits per heavy atom. The van der Waals surface area contributed by atoms with Crippen LogP contribution in [0.1, 0.15) is 58.8 Å². The predicted molar refractivity (Wildman–Crippen MR) is 65.7 cm³/mol. The van der Waals surface area contributed by atoms with Gasteiger partial charge in [0.15, 0.2) is 0 Å². The van der Waals surface area contributed by atoms with Gasteiger partial charge in [0.05, 0.1) is 11.5 Å². The van der Waals surface area contributed by atoms with Crippen LogP contribution in [0, 0.1) is 16.7 Å². The van der Waals surface area contributed by atoms with Gasteiger partial charge in [-0.05, 0) is 43.9 Å². The van der Waals surface area contributed by atoms with Gasteiger partial charge in [0.1, 0.15) is 0 Å². The standard InChI is InChI=1S/C14H24O3/c1-13(2)6-8-14(9-7-13,12(16)17)10-4-3-5-11(10)15/h10-11,15H,3-9H2,1-2H3,(H,16,17). The number of carboxylic acid groups (broad SMARTS) is 1. The molecule has 98 valence electrons. The molecule has 0 aromatic heterocycles. The number of carboxylic acids is 1. The second-order valence-electron chi connectivity index (χ2n) is 6.73. The van der Waals surface area contributed by atoms with E-state index in [2.05, 4.69) is 13.8 Å². The Bertz CT molecular complexity index is 299. The number of carbonyl (C=O) groups is 1. The van der Waals surface area contributed by atoms with Gasteiger partial charge in [0.2, 0.25) is 0 Å². The van der Waals surface area contributed by atoms with Crippen molar-refractivity contribution in [2.75, 3.05) is 0 Å². The van der Waals surface area contributed by atoms with E-state index in [0.717, 1.165) is 44.9 Å². The first-order valence-electron chi connectivity index (χ1n) is 6.79. The van der Waals surface area contributed by atoms with E-state index in [-0.39, 0.29) is 11.3 Å². The van der Waals surface area contributed by atoms with Crippen LogP contribution < -0.4 is 0 Å². The van der Waals surface area contributed by atoms with E-state index in [9.17, 15) is 15.0 Å². The molecule has 0 radical (unpaired) electrons. The number of aliphatic carboxylic acids is 1. The minimum absolute atomic E-state index is 0.0175. The van der Waals surface area contributed by atoms with E-state index in [4.69, 9.17) is 0 Å². The molecular weight excluding hydrogens is 216 g/mol. The maximum atomic E-state index is 11.7. The molecule has 2 N–H and O–H groups in total. The third-order valence-electron chi connectivity index (χ3n) is 5.11. The summed E-state index contributed by atoms with van der Waals surface area (Å²) in [6, 6.07) is 0. The fraction of sp³-hybridized carbons (Fsp3) is 0.929. The maximum absolute atomic E-state index is 11.7. The molecule has 3 nitrogen and oxygen atoms in total. The van der Waals surface area contributed by atoms with Crippen LogP contribution in [-0.4, -0.2) is 22.3 Å². The van der Waals surface area contributed by atoms with Gasteiger partial charge in [0, 0.05) is 5.92 Å². The van der Waals surface area contributed by atoms with Gasteiger partial charge >= 0.3 is 5.97 Å². The first kappa shape index (κ1) is 12.9. The molecule has 0 aromatic carbocycles. The normalized spacial score (nSPS) is 35.7. The van der Waals surface area contributed by atoms with Crippen LogP contribution in [-0.2, 0) is 4.79 Å². The molecule has 0 spiro atoms. The lowest BCUT2D eigenvalue weighted by molar-refractivity contribution is -0.160. The van der Waals surface area contributed by atoms with Crippen LogP contribution in [0.2, 0.25) is 0 Å². The highest BCUT2D eigenvalue weighted by Gasteiger charge is 2.52. The molecule has 2 rings (SSSR count). The molecule has 0 bridgehead atoms. The molecule has 0 aromatic rings. The molecule has 0 saturated heterocycles. The Balaban J connectivity index is 2.20. The summed E-state index contributed by atoms with van der Waals surface area (Å²) in [6.45, 7) is 4.42. The highest BCUT2D eigenvalue weighted by atomic mass is 16.4.